The Morgan fingerprint density at radius 3 is 2.72 bits per heavy atom. The molecule has 0 amide bonds. The number of benzene rings is 2. The smallest absolute Gasteiger partial charge is 0.187 e. The van der Waals surface area contributed by atoms with E-state index < -0.39 is 0 Å². The van der Waals surface area contributed by atoms with Crippen molar-refractivity contribution >= 4 is 17.4 Å². The third-order valence-electron chi connectivity index (χ3n) is 5.63. The fourth-order valence-corrected chi connectivity index (χ4v) is 4.13. The van der Waals surface area contributed by atoms with Gasteiger partial charge in [-0.25, -0.2) is 14.1 Å². The first-order valence-corrected chi connectivity index (χ1v) is 10.9. The van der Waals surface area contributed by atoms with Crippen LogP contribution in [0.25, 0.3) is 0 Å². The van der Waals surface area contributed by atoms with Gasteiger partial charge in [-0.3, -0.25) is 9.69 Å². The third kappa shape index (κ3) is 5.60. The molecule has 0 bridgehead atoms. The molecule has 1 aliphatic rings. The van der Waals surface area contributed by atoms with Crippen LogP contribution in [0.15, 0.2) is 67.4 Å². The molecule has 6 nitrogen and oxygen atoms in total. The first kappa shape index (κ1) is 22.2. The molecule has 2 heterocycles. The molecule has 1 saturated heterocycles. The van der Waals surface area contributed by atoms with Gasteiger partial charge >= 0.3 is 0 Å². The second-order valence-corrected chi connectivity index (χ2v) is 8.46. The van der Waals surface area contributed by atoms with Crippen LogP contribution in [-0.2, 0) is 13.1 Å². The minimum absolute atomic E-state index is 0.0716. The van der Waals surface area contributed by atoms with Gasteiger partial charge in [-0.05, 0) is 48.4 Å². The predicted octanol–water partition coefficient (Wildman–Crippen LogP) is 4.02. The van der Waals surface area contributed by atoms with Crippen LogP contribution < -0.4 is 0 Å². The molecule has 1 unspecified atom stereocenters. The Balaban J connectivity index is 1.38. The number of hydrogen-bond acceptors (Lipinski definition) is 5. The molecule has 0 saturated carbocycles. The first-order valence-electron chi connectivity index (χ1n) is 10.5. The molecule has 0 aliphatic carbocycles. The lowest BCUT2D eigenvalue weighted by atomic mass is 10.0. The lowest BCUT2D eigenvalue weighted by Gasteiger charge is -2.39. The summed E-state index contributed by atoms with van der Waals surface area (Å²) >= 11 is 6.15. The van der Waals surface area contributed by atoms with Crippen molar-refractivity contribution in [3.63, 3.8) is 0 Å². The van der Waals surface area contributed by atoms with E-state index in [0.717, 1.165) is 37.3 Å². The van der Waals surface area contributed by atoms with E-state index in [0.29, 0.717) is 17.1 Å². The number of rotatable bonds is 7. The first-order chi connectivity index (χ1) is 15.5. The monoisotopic (exact) mass is 453 g/mol. The van der Waals surface area contributed by atoms with E-state index in [1.165, 1.54) is 18.5 Å². The van der Waals surface area contributed by atoms with Gasteiger partial charge in [0.25, 0.3) is 0 Å². The number of aromatic nitrogens is 3. The normalized spacial score (nSPS) is 17.2. The highest BCUT2D eigenvalue weighted by Crippen LogP contribution is 2.19. The van der Waals surface area contributed by atoms with Gasteiger partial charge in [0.1, 0.15) is 18.5 Å². The molecule has 1 aromatic heterocycles. The molecule has 3 aromatic rings. The van der Waals surface area contributed by atoms with Crippen LogP contribution in [0.1, 0.15) is 28.4 Å². The average Bonchev–Trinajstić information content (AvgIpc) is 3.28. The molecule has 4 rings (SSSR count). The highest BCUT2D eigenvalue weighted by molar-refractivity contribution is 6.30. The zero-order valence-corrected chi connectivity index (χ0v) is 18.6. The highest BCUT2D eigenvalue weighted by atomic mass is 35.5. The molecular weight excluding hydrogens is 429 g/mol. The van der Waals surface area contributed by atoms with Crippen LogP contribution in [0.4, 0.5) is 4.39 Å². The number of carbonyl (C=O) groups is 1. The van der Waals surface area contributed by atoms with Gasteiger partial charge in [0.15, 0.2) is 5.78 Å². The molecule has 8 heteroatoms. The van der Waals surface area contributed by atoms with Crippen molar-refractivity contribution in [2.75, 3.05) is 19.6 Å². The van der Waals surface area contributed by atoms with Crippen molar-refractivity contribution in [3.8, 4) is 0 Å². The summed E-state index contributed by atoms with van der Waals surface area (Å²) in [6.07, 6.45) is 6.58. The van der Waals surface area contributed by atoms with Crippen LogP contribution in [-0.4, -0.2) is 56.0 Å². The van der Waals surface area contributed by atoms with E-state index in [1.54, 1.807) is 35.3 Å². The van der Waals surface area contributed by atoms with Crippen LogP contribution in [0.2, 0.25) is 5.02 Å². The Bertz CT molecular complexity index is 1080. The van der Waals surface area contributed by atoms with Gasteiger partial charge in [-0.1, -0.05) is 23.7 Å². The van der Waals surface area contributed by atoms with Crippen molar-refractivity contribution in [3.05, 3.63) is 94.9 Å². The van der Waals surface area contributed by atoms with E-state index in [2.05, 4.69) is 26.8 Å². The van der Waals surface area contributed by atoms with Crippen molar-refractivity contribution < 1.29 is 9.18 Å². The molecule has 2 aromatic carbocycles. The molecule has 0 N–H and O–H groups in total. The van der Waals surface area contributed by atoms with Crippen molar-refractivity contribution in [1.82, 2.24) is 24.6 Å². The number of piperazine rings is 1. The van der Waals surface area contributed by atoms with Crippen molar-refractivity contribution in [2.45, 2.75) is 26.1 Å². The fraction of sp³-hybridized carbons (Fsp3) is 0.292. The molecule has 1 atom stereocenters. The van der Waals surface area contributed by atoms with E-state index in [4.69, 9.17) is 11.6 Å². The van der Waals surface area contributed by atoms with Gasteiger partial charge in [0.2, 0.25) is 0 Å². The second-order valence-electron chi connectivity index (χ2n) is 8.02. The van der Waals surface area contributed by atoms with Crippen LogP contribution in [0.3, 0.4) is 0 Å². The zero-order valence-electron chi connectivity index (χ0n) is 17.9. The molecular formula is C24H25ClFN5O. The minimum Gasteiger partial charge on any atom is -0.372 e. The summed E-state index contributed by atoms with van der Waals surface area (Å²) in [6.45, 7) is 5.92. The van der Waals surface area contributed by atoms with Crippen LogP contribution >= 0.6 is 11.6 Å². The summed E-state index contributed by atoms with van der Waals surface area (Å²) in [5, 5.41) is 4.69. The zero-order chi connectivity index (χ0) is 22.5. The Kier molecular flexibility index (Phi) is 6.97. The third-order valence-corrected chi connectivity index (χ3v) is 5.87. The molecule has 0 spiro atoms. The lowest BCUT2D eigenvalue weighted by molar-refractivity contribution is 0.102. The Morgan fingerprint density at radius 2 is 2.00 bits per heavy atom. The fourth-order valence-electron chi connectivity index (χ4n) is 3.94. The molecule has 32 heavy (non-hydrogen) atoms. The second kappa shape index (κ2) is 10.1. The largest absolute Gasteiger partial charge is 0.372 e. The van der Waals surface area contributed by atoms with E-state index in [9.17, 15) is 9.18 Å². The number of allylic oxidation sites excluding steroid dienone is 1. The standard InChI is InChI=1S/C24H25ClFN5O/c1-18-13-29(14-19-2-5-22(26)6-3-19)10-11-30(18)9-8-24(32)23-7-4-21(25)12-20(23)15-31-17-27-16-28-31/h2-9,12,16-18H,10-11,13-15H2,1H3. The summed E-state index contributed by atoms with van der Waals surface area (Å²) < 4.78 is 14.8. The lowest BCUT2D eigenvalue weighted by Crippen LogP contribution is -2.49. The van der Waals surface area contributed by atoms with Gasteiger partial charge in [0, 0.05) is 55.1 Å². The maximum atomic E-state index is 13.1. The Hall–Kier alpha value is -3.03. The number of halogens is 2. The topological polar surface area (TPSA) is 54.3 Å². The van der Waals surface area contributed by atoms with Gasteiger partial charge in [-0.2, -0.15) is 5.10 Å². The van der Waals surface area contributed by atoms with Gasteiger partial charge in [-0.15, -0.1) is 0 Å². The van der Waals surface area contributed by atoms with Crippen molar-refractivity contribution in [2.24, 2.45) is 0 Å². The summed E-state index contributed by atoms with van der Waals surface area (Å²) in [7, 11) is 0. The summed E-state index contributed by atoms with van der Waals surface area (Å²) in [5.41, 5.74) is 2.50. The average molecular weight is 454 g/mol. The van der Waals surface area contributed by atoms with Crippen LogP contribution in [0.5, 0.6) is 0 Å². The highest BCUT2D eigenvalue weighted by Gasteiger charge is 2.21. The number of carbonyl (C=O) groups excluding carboxylic acids is 1. The Morgan fingerprint density at radius 1 is 1.19 bits per heavy atom. The maximum absolute atomic E-state index is 13.1. The molecule has 1 aliphatic heterocycles. The molecule has 166 valence electrons. The Labute approximate surface area is 191 Å². The van der Waals surface area contributed by atoms with Gasteiger partial charge < -0.3 is 4.90 Å². The van der Waals surface area contributed by atoms with E-state index in [1.807, 2.05) is 18.3 Å². The van der Waals surface area contributed by atoms with E-state index in [-0.39, 0.29) is 17.6 Å². The number of nitrogens with zero attached hydrogens (tertiary/aromatic N) is 5. The molecule has 1 fully saturated rings. The van der Waals surface area contributed by atoms with Crippen molar-refractivity contribution in [1.29, 1.82) is 0 Å². The molecule has 0 radical (unpaired) electrons. The summed E-state index contributed by atoms with van der Waals surface area (Å²) in [6, 6.07) is 12.2. The number of hydrogen-bond donors (Lipinski definition) is 0. The summed E-state index contributed by atoms with van der Waals surface area (Å²) in [4.78, 5) is 21.4. The van der Waals surface area contributed by atoms with Crippen LogP contribution in [0, 0.1) is 5.82 Å². The minimum atomic E-state index is -0.216. The SMILES string of the molecule is CC1CN(Cc2ccc(F)cc2)CCN1C=CC(=O)c1ccc(Cl)cc1Cn1cncn1. The van der Waals surface area contributed by atoms with Gasteiger partial charge in [0.05, 0.1) is 6.54 Å². The summed E-state index contributed by atoms with van der Waals surface area (Å²) in [5.74, 6) is -0.287. The quantitative estimate of drug-likeness (QED) is 0.399. The predicted molar refractivity (Wildman–Crippen MR) is 122 cm³/mol. The van der Waals surface area contributed by atoms with E-state index >= 15 is 0 Å². The maximum Gasteiger partial charge on any atom is 0.187 e. The number of ketones is 1.